The second-order valence-electron chi connectivity index (χ2n) is 5.37. The Morgan fingerprint density at radius 2 is 2.20 bits per heavy atom. The molecule has 0 saturated heterocycles. The van der Waals surface area contributed by atoms with Crippen LogP contribution in [0.15, 0.2) is 24.3 Å². The van der Waals surface area contributed by atoms with Crippen molar-refractivity contribution in [2.75, 3.05) is 26.4 Å². The van der Waals surface area contributed by atoms with E-state index in [2.05, 4.69) is 43.4 Å². The number of benzene rings is 1. The summed E-state index contributed by atoms with van der Waals surface area (Å²) in [5.41, 5.74) is 2.80. The van der Waals surface area contributed by atoms with Crippen molar-refractivity contribution in [3.63, 3.8) is 0 Å². The summed E-state index contributed by atoms with van der Waals surface area (Å²) in [5.74, 6) is 0. The van der Waals surface area contributed by atoms with Crippen LogP contribution in [0.4, 0.5) is 0 Å². The van der Waals surface area contributed by atoms with Crippen molar-refractivity contribution in [3.8, 4) is 0 Å². The number of nitrogens with one attached hydrogen (secondary N) is 1. The van der Waals surface area contributed by atoms with Crippen molar-refractivity contribution < 1.29 is 9.47 Å². The molecule has 2 unspecified atom stereocenters. The van der Waals surface area contributed by atoms with Gasteiger partial charge in [-0.3, -0.25) is 0 Å². The first-order chi connectivity index (χ1) is 9.85. The van der Waals surface area contributed by atoms with Crippen LogP contribution in [0.3, 0.4) is 0 Å². The van der Waals surface area contributed by atoms with Gasteiger partial charge in [-0.2, -0.15) is 0 Å². The molecule has 3 nitrogen and oxygen atoms in total. The van der Waals surface area contributed by atoms with Gasteiger partial charge in [-0.25, -0.2) is 0 Å². The maximum absolute atomic E-state index is 5.99. The predicted molar refractivity (Wildman–Crippen MR) is 82.0 cm³/mol. The van der Waals surface area contributed by atoms with Crippen LogP contribution >= 0.6 is 0 Å². The normalized spacial score (nSPS) is 19.6. The summed E-state index contributed by atoms with van der Waals surface area (Å²) in [6.45, 7) is 7.68. The third-order valence-corrected chi connectivity index (χ3v) is 3.75. The summed E-state index contributed by atoms with van der Waals surface area (Å²) in [6, 6.07) is 9.02. The summed E-state index contributed by atoms with van der Waals surface area (Å²) in [7, 11) is 0. The first kappa shape index (κ1) is 15.5. The fourth-order valence-electron chi connectivity index (χ4n) is 2.80. The summed E-state index contributed by atoms with van der Waals surface area (Å²) >= 11 is 0. The Morgan fingerprint density at radius 1 is 1.35 bits per heavy atom. The van der Waals surface area contributed by atoms with Gasteiger partial charge in [0.15, 0.2) is 0 Å². The van der Waals surface area contributed by atoms with Crippen molar-refractivity contribution >= 4 is 0 Å². The Bertz CT molecular complexity index is 394. The van der Waals surface area contributed by atoms with E-state index in [9.17, 15) is 0 Å². The molecule has 2 rings (SSSR count). The average molecular weight is 277 g/mol. The van der Waals surface area contributed by atoms with Crippen molar-refractivity contribution in [1.82, 2.24) is 5.32 Å². The van der Waals surface area contributed by atoms with Gasteiger partial charge < -0.3 is 14.8 Å². The third-order valence-electron chi connectivity index (χ3n) is 3.75. The number of hydrogen-bond donors (Lipinski definition) is 1. The molecule has 0 radical (unpaired) electrons. The van der Waals surface area contributed by atoms with Gasteiger partial charge in [0.05, 0.1) is 19.3 Å². The molecule has 112 valence electrons. The van der Waals surface area contributed by atoms with E-state index in [1.807, 2.05) is 0 Å². The lowest BCUT2D eigenvalue weighted by atomic mass is 9.93. The Kier molecular flexibility index (Phi) is 6.51. The van der Waals surface area contributed by atoms with Gasteiger partial charge in [0.25, 0.3) is 0 Å². The van der Waals surface area contributed by atoms with Gasteiger partial charge >= 0.3 is 0 Å². The van der Waals surface area contributed by atoms with Crippen LogP contribution in [-0.2, 0) is 15.9 Å². The Morgan fingerprint density at radius 3 is 3.00 bits per heavy atom. The zero-order valence-corrected chi connectivity index (χ0v) is 12.7. The molecule has 0 aliphatic carbocycles. The summed E-state index contributed by atoms with van der Waals surface area (Å²) in [4.78, 5) is 0. The molecule has 0 aromatic heterocycles. The quantitative estimate of drug-likeness (QED) is 0.741. The van der Waals surface area contributed by atoms with Crippen LogP contribution in [0.2, 0.25) is 0 Å². The SMILES string of the molecule is CCCOCC(CC1OCCc2ccccc21)NCC. The number of likely N-dealkylation sites (N-methyl/N-ethyl adjacent to an activating group) is 1. The maximum Gasteiger partial charge on any atom is 0.0843 e. The van der Waals surface area contributed by atoms with E-state index < -0.39 is 0 Å². The zero-order chi connectivity index (χ0) is 14.2. The smallest absolute Gasteiger partial charge is 0.0843 e. The fraction of sp³-hybridized carbons (Fsp3) is 0.647. The van der Waals surface area contributed by atoms with Gasteiger partial charge in [-0.1, -0.05) is 38.1 Å². The molecule has 1 aromatic carbocycles. The highest BCUT2D eigenvalue weighted by atomic mass is 16.5. The van der Waals surface area contributed by atoms with Crippen LogP contribution < -0.4 is 5.32 Å². The molecule has 3 heteroatoms. The van der Waals surface area contributed by atoms with E-state index in [1.54, 1.807) is 0 Å². The van der Waals surface area contributed by atoms with Gasteiger partial charge in [0, 0.05) is 12.6 Å². The summed E-state index contributed by atoms with van der Waals surface area (Å²) in [5, 5.41) is 3.51. The molecule has 1 heterocycles. The first-order valence-corrected chi connectivity index (χ1v) is 7.85. The Hall–Kier alpha value is -0.900. The molecule has 1 N–H and O–H groups in total. The Labute approximate surface area is 122 Å². The lowest BCUT2D eigenvalue weighted by Gasteiger charge is -2.29. The summed E-state index contributed by atoms with van der Waals surface area (Å²) < 4.78 is 11.7. The van der Waals surface area contributed by atoms with Crippen molar-refractivity contribution in [2.24, 2.45) is 0 Å². The van der Waals surface area contributed by atoms with Crippen LogP contribution in [0.25, 0.3) is 0 Å². The maximum atomic E-state index is 5.99. The van der Waals surface area contributed by atoms with Gasteiger partial charge in [0.1, 0.15) is 0 Å². The second kappa shape index (κ2) is 8.40. The molecular weight excluding hydrogens is 250 g/mol. The molecular formula is C17H27NO2. The lowest BCUT2D eigenvalue weighted by Crippen LogP contribution is -2.36. The van der Waals surface area contributed by atoms with Crippen molar-refractivity contribution in [2.45, 2.75) is 45.3 Å². The first-order valence-electron chi connectivity index (χ1n) is 7.85. The number of hydrogen-bond acceptors (Lipinski definition) is 3. The third kappa shape index (κ3) is 4.30. The highest BCUT2D eigenvalue weighted by Crippen LogP contribution is 2.30. The standard InChI is InChI=1S/C17H27NO2/c1-3-10-19-13-15(18-4-2)12-17-16-8-6-5-7-14(16)9-11-20-17/h5-8,15,17-18H,3-4,9-13H2,1-2H3. The topological polar surface area (TPSA) is 30.5 Å². The minimum absolute atomic E-state index is 0.203. The van der Waals surface area contributed by atoms with Crippen LogP contribution in [-0.4, -0.2) is 32.4 Å². The molecule has 0 amide bonds. The number of rotatable bonds is 8. The molecule has 0 spiro atoms. The zero-order valence-electron chi connectivity index (χ0n) is 12.7. The summed E-state index contributed by atoms with van der Waals surface area (Å²) in [6.07, 6.45) is 3.29. The van der Waals surface area contributed by atoms with Gasteiger partial charge in [0.2, 0.25) is 0 Å². The predicted octanol–water partition coefficient (Wildman–Crippen LogP) is 3.10. The minimum atomic E-state index is 0.203. The Balaban J connectivity index is 1.96. The molecule has 1 aliphatic rings. The fourth-order valence-corrected chi connectivity index (χ4v) is 2.80. The molecule has 1 aromatic rings. The van der Waals surface area contributed by atoms with E-state index in [0.29, 0.717) is 6.04 Å². The lowest BCUT2D eigenvalue weighted by molar-refractivity contribution is 0.0173. The van der Waals surface area contributed by atoms with E-state index >= 15 is 0 Å². The van der Waals surface area contributed by atoms with Crippen LogP contribution in [0, 0.1) is 0 Å². The highest BCUT2D eigenvalue weighted by molar-refractivity contribution is 5.31. The van der Waals surface area contributed by atoms with Gasteiger partial charge in [-0.15, -0.1) is 0 Å². The van der Waals surface area contributed by atoms with E-state index in [1.165, 1.54) is 11.1 Å². The molecule has 0 bridgehead atoms. The average Bonchev–Trinajstić information content (AvgIpc) is 2.48. The number of fused-ring (bicyclic) bond motifs is 1. The van der Waals surface area contributed by atoms with E-state index in [4.69, 9.17) is 9.47 Å². The van der Waals surface area contributed by atoms with Crippen LogP contribution in [0.5, 0.6) is 0 Å². The molecule has 20 heavy (non-hydrogen) atoms. The second-order valence-corrected chi connectivity index (χ2v) is 5.37. The molecule has 0 saturated carbocycles. The molecule has 0 fully saturated rings. The monoisotopic (exact) mass is 277 g/mol. The minimum Gasteiger partial charge on any atom is -0.380 e. The van der Waals surface area contributed by atoms with E-state index in [0.717, 1.165) is 45.6 Å². The molecule has 2 atom stereocenters. The largest absolute Gasteiger partial charge is 0.380 e. The van der Waals surface area contributed by atoms with Gasteiger partial charge in [-0.05, 0) is 36.9 Å². The van der Waals surface area contributed by atoms with Crippen molar-refractivity contribution in [3.05, 3.63) is 35.4 Å². The highest BCUT2D eigenvalue weighted by Gasteiger charge is 2.23. The van der Waals surface area contributed by atoms with Crippen LogP contribution in [0.1, 0.15) is 43.9 Å². The van der Waals surface area contributed by atoms with E-state index in [-0.39, 0.29) is 6.10 Å². The molecule has 1 aliphatic heterocycles. The number of ether oxygens (including phenoxy) is 2. The van der Waals surface area contributed by atoms with Crippen molar-refractivity contribution in [1.29, 1.82) is 0 Å².